The lowest BCUT2D eigenvalue weighted by Gasteiger charge is -2.36. The Morgan fingerprint density at radius 2 is 1.45 bits per heavy atom. The van der Waals surface area contributed by atoms with Crippen LogP contribution in [-0.4, -0.2) is 62.8 Å². The van der Waals surface area contributed by atoms with Gasteiger partial charge in [0, 0.05) is 39.0 Å². The van der Waals surface area contributed by atoms with Gasteiger partial charge >= 0.3 is 0 Å². The van der Waals surface area contributed by atoms with Gasteiger partial charge in [-0.25, -0.2) is 0 Å². The number of likely N-dealkylation sites (tertiary alicyclic amines) is 2. The molecule has 120 valence electrons. The van der Waals surface area contributed by atoms with Crippen molar-refractivity contribution in [3.05, 3.63) is 12.4 Å². The highest BCUT2D eigenvalue weighted by Crippen LogP contribution is 2.25. The van der Waals surface area contributed by atoms with Crippen molar-refractivity contribution in [3.8, 4) is 0 Å². The Morgan fingerprint density at radius 1 is 0.909 bits per heavy atom. The summed E-state index contributed by atoms with van der Waals surface area (Å²) in [5, 5.41) is 8.38. The van der Waals surface area contributed by atoms with Crippen molar-refractivity contribution in [2.24, 2.45) is 5.92 Å². The summed E-state index contributed by atoms with van der Waals surface area (Å²) >= 11 is 0. The zero-order valence-electron chi connectivity index (χ0n) is 13.0. The number of rotatable bonds is 2. The number of hydrogen-bond acceptors (Lipinski definition) is 4. The van der Waals surface area contributed by atoms with Crippen molar-refractivity contribution in [1.29, 1.82) is 0 Å². The fourth-order valence-corrected chi connectivity index (χ4v) is 3.43. The van der Waals surface area contributed by atoms with E-state index in [0.717, 1.165) is 38.8 Å². The number of piperidine rings is 2. The Labute approximate surface area is 130 Å². The first-order chi connectivity index (χ1) is 10.6. The van der Waals surface area contributed by atoms with Crippen LogP contribution in [0.1, 0.15) is 38.6 Å². The van der Waals surface area contributed by atoms with Crippen LogP contribution in [0.4, 0.5) is 0 Å². The topological polar surface area (TPSA) is 71.3 Å². The van der Waals surface area contributed by atoms with Crippen molar-refractivity contribution in [2.75, 3.05) is 26.2 Å². The fraction of sp³-hybridized carbons (Fsp3) is 0.733. The van der Waals surface area contributed by atoms with Gasteiger partial charge in [0.25, 0.3) is 0 Å². The van der Waals surface area contributed by atoms with E-state index in [1.165, 1.54) is 0 Å². The van der Waals surface area contributed by atoms with Crippen LogP contribution in [0.25, 0.3) is 0 Å². The molecule has 22 heavy (non-hydrogen) atoms. The van der Waals surface area contributed by atoms with Gasteiger partial charge in [0.05, 0.1) is 18.4 Å². The molecule has 2 aliphatic rings. The molecule has 2 amide bonds. The van der Waals surface area contributed by atoms with Crippen LogP contribution in [-0.2, 0) is 9.59 Å². The van der Waals surface area contributed by atoms with Gasteiger partial charge in [-0.15, -0.1) is 0 Å². The highest BCUT2D eigenvalue weighted by atomic mass is 16.2. The minimum absolute atomic E-state index is 0.0787. The van der Waals surface area contributed by atoms with E-state index in [1.807, 2.05) is 9.80 Å². The molecule has 1 aromatic heterocycles. The number of aromatic nitrogens is 3. The van der Waals surface area contributed by atoms with Gasteiger partial charge < -0.3 is 9.80 Å². The molecule has 7 heteroatoms. The summed E-state index contributed by atoms with van der Waals surface area (Å²) in [5.74, 6) is 0.448. The molecular formula is C15H23N5O2. The number of hydrogen-bond donors (Lipinski definition) is 0. The van der Waals surface area contributed by atoms with Crippen molar-refractivity contribution >= 4 is 11.8 Å². The van der Waals surface area contributed by atoms with Crippen LogP contribution < -0.4 is 0 Å². The molecule has 0 atom stereocenters. The first-order valence-electron chi connectivity index (χ1n) is 8.05. The number of carbonyl (C=O) groups is 2. The van der Waals surface area contributed by atoms with E-state index in [9.17, 15) is 9.59 Å². The maximum absolute atomic E-state index is 12.6. The molecule has 0 N–H and O–H groups in total. The second-order valence-electron chi connectivity index (χ2n) is 6.19. The molecule has 0 radical (unpaired) electrons. The van der Waals surface area contributed by atoms with Gasteiger partial charge in [-0.1, -0.05) is 0 Å². The van der Waals surface area contributed by atoms with E-state index in [1.54, 1.807) is 24.1 Å². The molecule has 2 saturated heterocycles. The molecule has 2 fully saturated rings. The minimum Gasteiger partial charge on any atom is -0.343 e. The Balaban J connectivity index is 1.49. The SMILES string of the molecule is CC(=O)N1CCC(C(=O)N2CCC(n3nccn3)CC2)CC1. The maximum Gasteiger partial charge on any atom is 0.225 e. The van der Waals surface area contributed by atoms with E-state index in [-0.39, 0.29) is 17.7 Å². The second kappa shape index (κ2) is 6.46. The standard InChI is InChI=1S/C15H23N5O2/c1-12(21)18-8-2-13(3-9-18)15(22)19-10-4-14(5-11-19)20-16-6-7-17-20/h6-7,13-14H,2-5,8-11H2,1H3. The van der Waals surface area contributed by atoms with Crippen molar-refractivity contribution in [2.45, 2.75) is 38.6 Å². The highest BCUT2D eigenvalue weighted by Gasteiger charge is 2.31. The van der Waals surface area contributed by atoms with E-state index in [4.69, 9.17) is 0 Å². The maximum atomic E-state index is 12.6. The molecular weight excluding hydrogens is 282 g/mol. The normalized spacial score (nSPS) is 21.1. The number of nitrogens with zero attached hydrogens (tertiary/aromatic N) is 5. The molecule has 0 aromatic carbocycles. The molecule has 0 unspecified atom stereocenters. The van der Waals surface area contributed by atoms with Gasteiger partial charge in [-0.05, 0) is 25.7 Å². The van der Waals surface area contributed by atoms with Crippen LogP contribution in [0.5, 0.6) is 0 Å². The predicted octanol–water partition coefficient (Wildman–Crippen LogP) is 0.700. The summed E-state index contributed by atoms with van der Waals surface area (Å²) in [6.07, 6.45) is 6.79. The summed E-state index contributed by atoms with van der Waals surface area (Å²) in [7, 11) is 0. The van der Waals surface area contributed by atoms with Crippen LogP contribution in [0, 0.1) is 5.92 Å². The number of amides is 2. The zero-order valence-corrected chi connectivity index (χ0v) is 13.0. The lowest BCUT2D eigenvalue weighted by atomic mass is 9.94. The van der Waals surface area contributed by atoms with Crippen LogP contribution in [0.3, 0.4) is 0 Å². The van der Waals surface area contributed by atoms with Gasteiger partial charge in [-0.3, -0.25) is 9.59 Å². The van der Waals surface area contributed by atoms with Crippen molar-refractivity contribution in [3.63, 3.8) is 0 Å². The largest absolute Gasteiger partial charge is 0.343 e. The van der Waals surface area contributed by atoms with Gasteiger partial charge in [0.15, 0.2) is 0 Å². The van der Waals surface area contributed by atoms with Crippen LogP contribution >= 0.6 is 0 Å². The van der Waals surface area contributed by atoms with Gasteiger partial charge in [-0.2, -0.15) is 15.0 Å². The molecule has 3 heterocycles. The van der Waals surface area contributed by atoms with E-state index in [2.05, 4.69) is 10.2 Å². The fourth-order valence-electron chi connectivity index (χ4n) is 3.43. The quantitative estimate of drug-likeness (QED) is 0.806. The molecule has 0 aliphatic carbocycles. The van der Waals surface area contributed by atoms with Crippen molar-refractivity contribution < 1.29 is 9.59 Å². The third-order valence-corrected chi connectivity index (χ3v) is 4.83. The molecule has 2 aliphatic heterocycles. The van der Waals surface area contributed by atoms with Crippen LogP contribution in [0.15, 0.2) is 12.4 Å². The van der Waals surface area contributed by atoms with E-state index >= 15 is 0 Å². The third kappa shape index (κ3) is 3.13. The molecule has 1 aromatic rings. The third-order valence-electron chi connectivity index (χ3n) is 4.83. The summed E-state index contributed by atoms with van der Waals surface area (Å²) in [6, 6.07) is 0.304. The Kier molecular flexibility index (Phi) is 4.40. The Morgan fingerprint density at radius 3 is 2.00 bits per heavy atom. The van der Waals surface area contributed by atoms with Crippen molar-refractivity contribution in [1.82, 2.24) is 24.8 Å². The minimum atomic E-state index is 0.0787. The summed E-state index contributed by atoms with van der Waals surface area (Å²) in [4.78, 5) is 29.5. The molecule has 0 bridgehead atoms. The van der Waals surface area contributed by atoms with Crippen LogP contribution in [0.2, 0.25) is 0 Å². The highest BCUT2D eigenvalue weighted by molar-refractivity contribution is 5.79. The summed E-state index contributed by atoms with van der Waals surface area (Å²) < 4.78 is 0. The number of carbonyl (C=O) groups excluding carboxylic acids is 2. The first kappa shape index (κ1) is 15.0. The Bertz CT molecular complexity index is 514. The lowest BCUT2D eigenvalue weighted by Crippen LogP contribution is -2.46. The summed E-state index contributed by atoms with van der Waals surface area (Å²) in [6.45, 7) is 4.56. The van der Waals surface area contributed by atoms with Gasteiger partial charge in [0.1, 0.15) is 0 Å². The molecule has 3 rings (SSSR count). The molecule has 7 nitrogen and oxygen atoms in total. The van der Waals surface area contributed by atoms with E-state index in [0.29, 0.717) is 19.1 Å². The zero-order chi connectivity index (χ0) is 15.5. The molecule has 0 spiro atoms. The average molecular weight is 305 g/mol. The summed E-state index contributed by atoms with van der Waals surface area (Å²) in [5.41, 5.74) is 0. The van der Waals surface area contributed by atoms with E-state index < -0.39 is 0 Å². The average Bonchev–Trinajstić information content (AvgIpc) is 3.09. The second-order valence-corrected chi connectivity index (χ2v) is 6.19. The lowest BCUT2D eigenvalue weighted by molar-refractivity contribution is -0.141. The molecule has 0 saturated carbocycles. The monoisotopic (exact) mass is 305 g/mol. The Hall–Kier alpha value is -1.92. The predicted molar refractivity (Wildman–Crippen MR) is 79.9 cm³/mol. The smallest absolute Gasteiger partial charge is 0.225 e. The first-order valence-corrected chi connectivity index (χ1v) is 8.05. The van der Waals surface area contributed by atoms with Gasteiger partial charge in [0.2, 0.25) is 11.8 Å².